The molecule has 22 heavy (non-hydrogen) atoms. The molecular formula is C15H11N3O4. The maximum Gasteiger partial charge on any atom is 0.392 e. The highest BCUT2D eigenvalue weighted by atomic mass is 16.5. The lowest BCUT2D eigenvalue weighted by Gasteiger charge is -2.02. The lowest BCUT2D eigenvalue weighted by Crippen LogP contribution is -1.95. The van der Waals surface area contributed by atoms with Crippen LogP contribution < -0.4 is 4.74 Å². The molecule has 0 aromatic carbocycles. The molecule has 0 fully saturated rings. The zero-order valence-corrected chi connectivity index (χ0v) is 11.6. The summed E-state index contributed by atoms with van der Waals surface area (Å²) in [6, 6.07) is 6.89. The monoisotopic (exact) mass is 297 g/mol. The van der Waals surface area contributed by atoms with Crippen molar-refractivity contribution in [3.63, 3.8) is 0 Å². The van der Waals surface area contributed by atoms with Gasteiger partial charge in [-0.25, -0.2) is 14.8 Å². The van der Waals surface area contributed by atoms with Crippen LogP contribution in [0.2, 0.25) is 0 Å². The van der Waals surface area contributed by atoms with Crippen molar-refractivity contribution < 1.29 is 19.1 Å². The van der Waals surface area contributed by atoms with Gasteiger partial charge in [-0.2, -0.15) is 0 Å². The van der Waals surface area contributed by atoms with Crippen LogP contribution in [-0.2, 0) is 0 Å². The smallest absolute Gasteiger partial charge is 0.392 e. The van der Waals surface area contributed by atoms with E-state index in [0.717, 1.165) is 0 Å². The van der Waals surface area contributed by atoms with Crippen LogP contribution in [0.4, 0.5) is 0 Å². The molecule has 3 heterocycles. The zero-order chi connectivity index (χ0) is 15.5. The van der Waals surface area contributed by atoms with Crippen molar-refractivity contribution in [2.45, 2.75) is 0 Å². The minimum absolute atomic E-state index is 0.331. The maximum absolute atomic E-state index is 11.1. The van der Waals surface area contributed by atoms with Crippen molar-refractivity contribution in [1.29, 1.82) is 0 Å². The Morgan fingerprint density at radius 1 is 1.23 bits per heavy atom. The summed E-state index contributed by atoms with van der Waals surface area (Å²) >= 11 is 0. The maximum atomic E-state index is 11.1. The van der Waals surface area contributed by atoms with Crippen LogP contribution >= 0.6 is 0 Å². The highest BCUT2D eigenvalue weighted by molar-refractivity contribution is 5.86. The Balaban J connectivity index is 2.14. The van der Waals surface area contributed by atoms with Gasteiger partial charge in [0.05, 0.1) is 7.11 Å². The lowest BCUT2D eigenvalue weighted by atomic mass is 10.1. The normalized spacial score (nSPS) is 10.4. The summed E-state index contributed by atoms with van der Waals surface area (Å²) in [6.45, 7) is 0. The van der Waals surface area contributed by atoms with E-state index < -0.39 is 5.97 Å². The number of aromatic carboxylic acids is 1. The molecule has 0 aliphatic carbocycles. The summed E-state index contributed by atoms with van der Waals surface area (Å²) in [5.74, 6) is -0.839. The number of nitrogens with zero attached hydrogens (tertiary/aromatic N) is 3. The number of carbonyl (C=O) groups is 1. The van der Waals surface area contributed by atoms with Gasteiger partial charge in [0.15, 0.2) is 5.76 Å². The van der Waals surface area contributed by atoms with Crippen LogP contribution in [0.5, 0.6) is 5.88 Å². The fourth-order valence-corrected chi connectivity index (χ4v) is 1.94. The number of hydrogen-bond donors (Lipinski definition) is 1. The van der Waals surface area contributed by atoms with Gasteiger partial charge in [0.1, 0.15) is 5.69 Å². The van der Waals surface area contributed by atoms with Crippen molar-refractivity contribution in [2.24, 2.45) is 0 Å². The highest BCUT2D eigenvalue weighted by Gasteiger charge is 2.21. The van der Waals surface area contributed by atoms with E-state index in [2.05, 4.69) is 15.0 Å². The van der Waals surface area contributed by atoms with Gasteiger partial charge in [0.25, 0.3) is 0 Å². The van der Waals surface area contributed by atoms with Gasteiger partial charge in [-0.15, -0.1) is 0 Å². The Kier molecular flexibility index (Phi) is 3.53. The topological polar surface area (TPSA) is 98.3 Å². The molecule has 1 N–H and O–H groups in total. The Hall–Kier alpha value is -3.22. The Bertz CT molecular complexity index is 797. The molecule has 0 aliphatic rings. The first-order chi connectivity index (χ1) is 10.7. The number of carboxylic acid groups (broad SMARTS) is 1. The minimum Gasteiger partial charge on any atom is -0.481 e. The number of pyridine rings is 2. The number of methoxy groups -OCH3 is 1. The third-order valence-corrected chi connectivity index (χ3v) is 2.95. The molecule has 0 saturated heterocycles. The molecule has 0 spiro atoms. The van der Waals surface area contributed by atoms with Crippen LogP contribution in [0, 0.1) is 0 Å². The zero-order valence-electron chi connectivity index (χ0n) is 11.6. The summed E-state index contributed by atoms with van der Waals surface area (Å²) in [5.41, 5.74) is 1.64. The summed E-state index contributed by atoms with van der Waals surface area (Å²) in [6.07, 6.45) is 4.74. The van der Waals surface area contributed by atoms with Crippen molar-refractivity contribution in [3.05, 3.63) is 48.7 Å². The number of rotatable bonds is 4. The summed E-state index contributed by atoms with van der Waals surface area (Å²) in [5, 5.41) is 9.09. The Morgan fingerprint density at radius 3 is 2.68 bits per heavy atom. The molecule has 0 amide bonds. The summed E-state index contributed by atoms with van der Waals surface area (Å²) in [4.78, 5) is 23.3. The second kappa shape index (κ2) is 5.65. The van der Waals surface area contributed by atoms with E-state index in [-0.39, 0.29) is 5.89 Å². The van der Waals surface area contributed by atoms with E-state index in [9.17, 15) is 4.79 Å². The van der Waals surface area contributed by atoms with Gasteiger partial charge in [0.2, 0.25) is 5.88 Å². The molecule has 110 valence electrons. The van der Waals surface area contributed by atoms with Crippen molar-refractivity contribution >= 4 is 5.97 Å². The van der Waals surface area contributed by atoms with E-state index in [1.54, 1.807) is 42.9 Å². The number of ether oxygens (including phenoxy) is 1. The molecule has 7 heteroatoms. The molecule has 3 rings (SSSR count). The molecule has 0 aliphatic heterocycles. The van der Waals surface area contributed by atoms with Crippen molar-refractivity contribution in [1.82, 2.24) is 15.0 Å². The lowest BCUT2D eigenvalue weighted by molar-refractivity contribution is 0.0654. The van der Waals surface area contributed by atoms with Gasteiger partial charge in [-0.3, -0.25) is 4.98 Å². The van der Waals surface area contributed by atoms with Crippen LogP contribution in [0.25, 0.3) is 22.6 Å². The number of carboxylic acids is 1. The predicted molar refractivity (Wildman–Crippen MR) is 76.5 cm³/mol. The molecule has 0 atom stereocenters. The fourth-order valence-electron chi connectivity index (χ4n) is 1.94. The van der Waals surface area contributed by atoms with Crippen LogP contribution in [0.3, 0.4) is 0 Å². The number of oxazole rings is 1. The minimum atomic E-state index is -1.24. The molecule has 0 bridgehead atoms. The van der Waals surface area contributed by atoms with Gasteiger partial charge >= 0.3 is 11.9 Å². The van der Waals surface area contributed by atoms with Gasteiger partial charge in [0, 0.05) is 35.8 Å². The molecule has 7 nitrogen and oxygen atoms in total. The quantitative estimate of drug-likeness (QED) is 0.789. The van der Waals surface area contributed by atoms with E-state index >= 15 is 0 Å². The highest BCUT2D eigenvalue weighted by Crippen LogP contribution is 2.32. The first-order valence-electron chi connectivity index (χ1n) is 6.34. The summed E-state index contributed by atoms with van der Waals surface area (Å²) < 4.78 is 10.4. The first-order valence-corrected chi connectivity index (χ1v) is 6.34. The largest absolute Gasteiger partial charge is 0.481 e. The third kappa shape index (κ3) is 2.51. The average Bonchev–Trinajstić information content (AvgIpc) is 3.01. The van der Waals surface area contributed by atoms with E-state index in [4.69, 9.17) is 14.3 Å². The molecule has 0 radical (unpaired) electrons. The van der Waals surface area contributed by atoms with Crippen LogP contribution in [0.1, 0.15) is 10.7 Å². The van der Waals surface area contributed by atoms with E-state index in [1.807, 2.05) is 0 Å². The van der Waals surface area contributed by atoms with E-state index in [0.29, 0.717) is 28.5 Å². The molecule has 0 unspecified atom stereocenters. The standard InChI is InChI=1S/C15H11N3O4/c1-21-11-5-4-9(8-17-11)12-13(10-3-2-6-16-7-10)22-14(18-12)15(19)20/h2-8H,1H3,(H,19,20). The second-order valence-electron chi connectivity index (χ2n) is 4.33. The first kappa shape index (κ1) is 13.7. The molecule has 3 aromatic heterocycles. The van der Waals surface area contributed by atoms with Gasteiger partial charge in [-0.1, -0.05) is 0 Å². The van der Waals surface area contributed by atoms with Gasteiger partial charge < -0.3 is 14.3 Å². The third-order valence-electron chi connectivity index (χ3n) is 2.95. The van der Waals surface area contributed by atoms with Gasteiger partial charge in [-0.05, 0) is 18.2 Å². The molecule has 0 saturated carbocycles. The van der Waals surface area contributed by atoms with E-state index in [1.165, 1.54) is 7.11 Å². The number of hydrogen-bond acceptors (Lipinski definition) is 6. The Labute approximate surface area is 125 Å². The predicted octanol–water partition coefficient (Wildman–Crippen LogP) is 2.51. The summed E-state index contributed by atoms with van der Waals surface area (Å²) in [7, 11) is 1.52. The van der Waals surface area contributed by atoms with Crippen LogP contribution in [0.15, 0.2) is 47.3 Å². The Morgan fingerprint density at radius 2 is 2.09 bits per heavy atom. The second-order valence-corrected chi connectivity index (χ2v) is 4.33. The SMILES string of the molecule is COc1ccc(-c2nc(C(=O)O)oc2-c2cccnc2)cn1. The molecular weight excluding hydrogens is 286 g/mol. The average molecular weight is 297 g/mol. The number of aromatic nitrogens is 3. The van der Waals surface area contributed by atoms with Crippen molar-refractivity contribution in [3.8, 4) is 28.5 Å². The fraction of sp³-hybridized carbons (Fsp3) is 0.0667. The van der Waals surface area contributed by atoms with Crippen LogP contribution in [-0.4, -0.2) is 33.1 Å². The van der Waals surface area contributed by atoms with Crippen molar-refractivity contribution in [2.75, 3.05) is 7.11 Å². The molecule has 3 aromatic rings.